The quantitative estimate of drug-likeness (QED) is 0.572. The van der Waals surface area contributed by atoms with E-state index in [2.05, 4.69) is 20.6 Å². The van der Waals surface area contributed by atoms with E-state index in [-0.39, 0.29) is 0 Å². The fourth-order valence-corrected chi connectivity index (χ4v) is 2.40. The van der Waals surface area contributed by atoms with E-state index in [1.807, 2.05) is 48.5 Å². The summed E-state index contributed by atoms with van der Waals surface area (Å²) >= 11 is 0. The number of aromatic nitrogens is 6. The fraction of sp³-hybridized carbons (Fsp3) is 0.143. The number of nitrogens with zero attached hydrogens (tertiary/aromatic N) is 6. The average Bonchev–Trinajstić information content (AvgIpc) is 3.14. The van der Waals surface area contributed by atoms with E-state index in [4.69, 9.17) is 4.74 Å². The summed E-state index contributed by atoms with van der Waals surface area (Å²) in [5, 5.41) is 16.7. The number of benzene rings is 2. The Morgan fingerprint density at radius 1 is 0.810 bits per heavy atom. The van der Waals surface area contributed by atoms with Gasteiger partial charge in [-0.05, 0) is 24.3 Å². The molecule has 21 heavy (non-hydrogen) atoms. The summed E-state index contributed by atoms with van der Waals surface area (Å²) in [5.74, 6) is 0. The van der Waals surface area contributed by atoms with Crippen molar-refractivity contribution in [2.75, 3.05) is 7.11 Å². The number of methoxy groups -OCH3 is 1. The van der Waals surface area contributed by atoms with Crippen molar-refractivity contribution >= 4 is 22.1 Å². The van der Waals surface area contributed by atoms with Crippen molar-refractivity contribution in [3.8, 4) is 0 Å². The van der Waals surface area contributed by atoms with Crippen LogP contribution >= 0.6 is 0 Å². The Hall–Kier alpha value is -2.80. The van der Waals surface area contributed by atoms with Crippen LogP contribution in [0.25, 0.3) is 22.1 Å². The van der Waals surface area contributed by atoms with Crippen molar-refractivity contribution in [1.29, 1.82) is 0 Å². The van der Waals surface area contributed by atoms with Crippen molar-refractivity contribution in [2.45, 2.75) is 6.35 Å². The average molecular weight is 280 g/mol. The molecular formula is C14H12N6O. The van der Waals surface area contributed by atoms with Crippen LogP contribution < -0.4 is 0 Å². The minimum atomic E-state index is -0.537. The second-order valence-corrected chi connectivity index (χ2v) is 4.61. The van der Waals surface area contributed by atoms with Gasteiger partial charge in [0.2, 0.25) is 0 Å². The van der Waals surface area contributed by atoms with Crippen LogP contribution in [0.1, 0.15) is 6.35 Å². The Balaban J connectivity index is 1.92. The van der Waals surface area contributed by atoms with Crippen LogP contribution in [0.4, 0.5) is 0 Å². The predicted octanol–water partition coefficient (Wildman–Crippen LogP) is 1.83. The van der Waals surface area contributed by atoms with Crippen LogP contribution in [0.15, 0.2) is 48.5 Å². The van der Waals surface area contributed by atoms with Crippen LogP contribution in [0.2, 0.25) is 0 Å². The summed E-state index contributed by atoms with van der Waals surface area (Å²) in [4.78, 5) is 0. The molecule has 7 nitrogen and oxygen atoms in total. The smallest absolute Gasteiger partial charge is 0.252 e. The second kappa shape index (κ2) is 4.64. The third-order valence-corrected chi connectivity index (χ3v) is 3.38. The van der Waals surface area contributed by atoms with Crippen molar-refractivity contribution in [3.63, 3.8) is 0 Å². The van der Waals surface area contributed by atoms with Crippen LogP contribution in [0.3, 0.4) is 0 Å². The molecule has 4 rings (SSSR count). The summed E-state index contributed by atoms with van der Waals surface area (Å²) < 4.78 is 8.96. The number of hydrogen-bond acceptors (Lipinski definition) is 5. The van der Waals surface area contributed by atoms with Crippen LogP contribution in [-0.2, 0) is 4.74 Å². The lowest BCUT2D eigenvalue weighted by Gasteiger charge is -2.16. The van der Waals surface area contributed by atoms with Gasteiger partial charge in [-0.2, -0.15) is 9.36 Å². The second-order valence-electron chi connectivity index (χ2n) is 4.61. The lowest BCUT2D eigenvalue weighted by Crippen LogP contribution is -2.22. The van der Waals surface area contributed by atoms with Gasteiger partial charge in [-0.3, -0.25) is 0 Å². The Labute approximate surface area is 119 Å². The highest BCUT2D eigenvalue weighted by Gasteiger charge is 2.20. The Bertz CT molecular complexity index is 838. The molecule has 0 amide bonds. The first-order valence-corrected chi connectivity index (χ1v) is 6.51. The fourth-order valence-electron chi connectivity index (χ4n) is 2.40. The number of fused-ring (bicyclic) bond motifs is 2. The Morgan fingerprint density at radius 3 is 1.76 bits per heavy atom. The molecule has 2 aromatic heterocycles. The molecule has 2 heterocycles. The lowest BCUT2D eigenvalue weighted by molar-refractivity contribution is 0.00405. The van der Waals surface area contributed by atoms with Gasteiger partial charge in [-0.25, -0.2) is 0 Å². The van der Waals surface area contributed by atoms with Gasteiger partial charge in [0.25, 0.3) is 6.35 Å². The van der Waals surface area contributed by atoms with Crippen molar-refractivity contribution < 1.29 is 4.74 Å². The summed E-state index contributed by atoms with van der Waals surface area (Å²) in [5.41, 5.74) is 3.38. The van der Waals surface area contributed by atoms with Crippen molar-refractivity contribution in [1.82, 2.24) is 30.0 Å². The summed E-state index contributed by atoms with van der Waals surface area (Å²) in [6, 6.07) is 15.4. The van der Waals surface area contributed by atoms with Gasteiger partial charge < -0.3 is 4.74 Å². The van der Waals surface area contributed by atoms with E-state index in [0.717, 1.165) is 22.1 Å². The molecular weight excluding hydrogens is 268 g/mol. The normalized spacial score (nSPS) is 11.7. The SMILES string of the molecule is COC(n1nnc2ccccc21)n1nnc2ccccc21. The minimum Gasteiger partial charge on any atom is -0.341 e. The van der Waals surface area contributed by atoms with Crippen molar-refractivity contribution in [3.05, 3.63) is 48.5 Å². The monoisotopic (exact) mass is 280 g/mol. The molecule has 0 spiro atoms. The highest BCUT2D eigenvalue weighted by molar-refractivity contribution is 5.75. The van der Waals surface area contributed by atoms with Crippen molar-refractivity contribution in [2.24, 2.45) is 0 Å². The van der Waals surface area contributed by atoms with E-state index in [1.165, 1.54) is 0 Å². The minimum absolute atomic E-state index is 0.537. The zero-order valence-electron chi connectivity index (χ0n) is 11.3. The van der Waals surface area contributed by atoms with Gasteiger partial charge in [0.05, 0.1) is 11.0 Å². The third kappa shape index (κ3) is 1.78. The molecule has 0 saturated carbocycles. The Kier molecular flexibility index (Phi) is 2.65. The first-order chi connectivity index (χ1) is 10.4. The van der Waals surface area contributed by atoms with Crippen LogP contribution in [0.5, 0.6) is 0 Å². The predicted molar refractivity (Wildman–Crippen MR) is 76.5 cm³/mol. The molecule has 0 unspecified atom stereocenters. The first kappa shape index (κ1) is 12.0. The third-order valence-electron chi connectivity index (χ3n) is 3.38. The maximum Gasteiger partial charge on any atom is 0.252 e. The number of rotatable bonds is 3. The first-order valence-electron chi connectivity index (χ1n) is 6.51. The van der Waals surface area contributed by atoms with Crippen LogP contribution in [0, 0.1) is 0 Å². The molecule has 0 saturated heterocycles. The van der Waals surface area contributed by atoms with Gasteiger partial charge in [-0.15, -0.1) is 10.2 Å². The molecule has 4 aromatic rings. The topological polar surface area (TPSA) is 70.7 Å². The molecule has 0 aliphatic carbocycles. The molecule has 0 atom stereocenters. The van der Waals surface area contributed by atoms with Gasteiger partial charge in [0.1, 0.15) is 11.0 Å². The molecule has 7 heteroatoms. The van der Waals surface area contributed by atoms with Gasteiger partial charge in [0.15, 0.2) is 0 Å². The molecule has 0 aliphatic heterocycles. The van der Waals surface area contributed by atoms with E-state index in [1.54, 1.807) is 16.5 Å². The Morgan fingerprint density at radius 2 is 1.29 bits per heavy atom. The number of hydrogen-bond donors (Lipinski definition) is 0. The molecule has 0 aliphatic rings. The highest BCUT2D eigenvalue weighted by atomic mass is 16.5. The summed E-state index contributed by atoms with van der Waals surface area (Å²) in [6.45, 7) is 0. The van der Waals surface area contributed by atoms with E-state index >= 15 is 0 Å². The molecule has 0 fully saturated rings. The largest absolute Gasteiger partial charge is 0.341 e. The van der Waals surface area contributed by atoms with Gasteiger partial charge >= 0.3 is 0 Å². The summed E-state index contributed by atoms with van der Waals surface area (Å²) in [6.07, 6.45) is -0.537. The molecule has 2 aromatic carbocycles. The highest BCUT2D eigenvalue weighted by Crippen LogP contribution is 2.20. The molecule has 0 radical (unpaired) electrons. The zero-order chi connectivity index (χ0) is 14.2. The maximum atomic E-state index is 5.58. The summed E-state index contributed by atoms with van der Waals surface area (Å²) in [7, 11) is 1.61. The number of ether oxygens (including phenoxy) is 1. The number of para-hydroxylation sites is 2. The lowest BCUT2D eigenvalue weighted by atomic mass is 10.3. The molecule has 104 valence electrons. The zero-order valence-corrected chi connectivity index (χ0v) is 11.3. The molecule has 0 bridgehead atoms. The van der Waals surface area contributed by atoms with Gasteiger partial charge in [-0.1, -0.05) is 34.7 Å². The maximum absolute atomic E-state index is 5.58. The van der Waals surface area contributed by atoms with Crippen LogP contribution in [-0.4, -0.2) is 37.1 Å². The van der Waals surface area contributed by atoms with E-state index < -0.39 is 6.35 Å². The van der Waals surface area contributed by atoms with E-state index in [9.17, 15) is 0 Å². The standard InChI is InChI=1S/C14H12N6O/c1-21-14(19-12-8-4-2-6-10(12)15-17-19)20-13-9-5-3-7-11(13)16-18-20/h2-9,14H,1H3. The molecule has 0 N–H and O–H groups in total. The van der Waals surface area contributed by atoms with Gasteiger partial charge in [0, 0.05) is 7.11 Å². The van der Waals surface area contributed by atoms with E-state index in [0.29, 0.717) is 0 Å².